The van der Waals surface area contributed by atoms with Gasteiger partial charge in [-0.3, -0.25) is 4.79 Å². The molecule has 3 rings (SSSR count). The number of hydrogen-bond acceptors (Lipinski definition) is 4. The van der Waals surface area contributed by atoms with Gasteiger partial charge in [0.2, 0.25) is 0 Å². The second-order valence-corrected chi connectivity index (χ2v) is 6.72. The zero-order chi connectivity index (χ0) is 17.8. The standard InChI is InChI=1S/C18H19F2N3OS/c1-25-17-14(5-2-8-21-17)18(24)23-9-3-4-13(11-23)22-12-6-7-15(19)16(20)10-12/h2,5-8,10,13,22H,3-4,9,11H2,1H3. The number of carbonyl (C=O) groups is 1. The fourth-order valence-corrected chi connectivity index (χ4v) is 3.53. The molecule has 1 amide bonds. The third-order valence-electron chi connectivity index (χ3n) is 4.19. The summed E-state index contributed by atoms with van der Waals surface area (Å²) in [5, 5.41) is 3.90. The summed E-state index contributed by atoms with van der Waals surface area (Å²) in [5.74, 6) is -1.80. The van der Waals surface area contributed by atoms with E-state index >= 15 is 0 Å². The Balaban J connectivity index is 1.70. The molecule has 0 aliphatic carbocycles. The first-order valence-corrected chi connectivity index (χ1v) is 9.31. The minimum atomic E-state index is -0.881. The maximum Gasteiger partial charge on any atom is 0.256 e. The van der Waals surface area contributed by atoms with Crippen molar-refractivity contribution < 1.29 is 13.6 Å². The van der Waals surface area contributed by atoms with Crippen LogP contribution >= 0.6 is 11.8 Å². The molecule has 0 radical (unpaired) electrons. The van der Waals surface area contributed by atoms with Crippen LogP contribution in [0.5, 0.6) is 0 Å². The zero-order valence-corrected chi connectivity index (χ0v) is 14.7. The van der Waals surface area contributed by atoms with E-state index in [2.05, 4.69) is 10.3 Å². The third kappa shape index (κ3) is 4.10. The summed E-state index contributed by atoms with van der Waals surface area (Å²) < 4.78 is 26.4. The van der Waals surface area contributed by atoms with Crippen molar-refractivity contribution in [2.75, 3.05) is 24.7 Å². The Bertz CT molecular complexity index is 772. The lowest BCUT2D eigenvalue weighted by Crippen LogP contribution is -2.45. The van der Waals surface area contributed by atoms with Crippen molar-refractivity contribution in [3.63, 3.8) is 0 Å². The number of carbonyl (C=O) groups excluding carboxylic acids is 1. The highest BCUT2D eigenvalue weighted by molar-refractivity contribution is 7.98. The maximum atomic E-state index is 13.4. The van der Waals surface area contributed by atoms with Crippen LogP contribution in [-0.4, -0.2) is 41.2 Å². The monoisotopic (exact) mass is 363 g/mol. The number of hydrogen-bond donors (Lipinski definition) is 1. The van der Waals surface area contributed by atoms with Crippen molar-refractivity contribution in [2.24, 2.45) is 0 Å². The Morgan fingerprint density at radius 2 is 2.16 bits per heavy atom. The number of likely N-dealkylation sites (tertiary alicyclic amines) is 1. The summed E-state index contributed by atoms with van der Waals surface area (Å²) in [7, 11) is 0. The predicted octanol–water partition coefficient (Wildman–Crippen LogP) is 3.80. The quantitative estimate of drug-likeness (QED) is 0.840. The Kier molecular flexibility index (Phi) is 5.53. The molecule has 1 aromatic carbocycles. The Labute approximate surface area is 149 Å². The van der Waals surface area contributed by atoms with E-state index in [4.69, 9.17) is 0 Å². The number of amides is 1. The van der Waals surface area contributed by atoms with Crippen molar-refractivity contribution in [2.45, 2.75) is 23.9 Å². The van der Waals surface area contributed by atoms with Gasteiger partial charge in [0.15, 0.2) is 11.6 Å². The van der Waals surface area contributed by atoms with Gasteiger partial charge < -0.3 is 10.2 Å². The fourth-order valence-electron chi connectivity index (χ4n) is 2.99. The van der Waals surface area contributed by atoms with Crippen LogP contribution in [-0.2, 0) is 0 Å². The zero-order valence-electron chi connectivity index (χ0n) is 13.8. The Morgan fingerprint density at radius 1 is 1.32 bits per heavy atom. The third-order valence-corrected chi connectivity index (χ3v) is 4.91. The topological polar surface area (TPSA) is 45.2 Å². The van der Waals surface area contributed by atoms with Gasteiger partial charge in [-0.2, -0.15) is 0 Å². The summed E-state index contributed by atoms with van der Waals surface area (Å²) >= 11 is 1.44. The van der Waals surface area contributed by atoms with Gasteiger partial charge in [0.1, 0.15) is 5.03 Å². The minimum Gasteiger partial charge on any atom is -0.380 e. The van der Waals surface area contributed by atoms with E-state index in [-0.39, 0.29) is 11.9 Å². The van der Waals surface area contributed by atoms with Gasteiger partial charge in [-0.1, -0.05) is 0 Å². The van der Waals surface area contributed by atoms with Crippen LogP contribution in [0, 0.1) is 11.6 Å². The number of aromatic nitrogens is 1. The summed E-state index contributed by atoms with van der Waals surface area (Å²) in [6, 6.07) is 7.29. The molecular weight excluding hydrogens is 344 g/mol. The lowest BCUT2D eigenvalue weighted by Gasteiger charge is -2.34. The molecule has 1 unspecified atom stereocenters. The first-order valence-electron chi connectivity index (χ1n) is 8.08. The molecule has 25 heavy (non-hydrogen) atoms. The van der Waals surface area contributed by atoms with Crippen molar-refractivity contribution in [3.8, 4) is 0 Å². The highest BCUT2D eigenvalue weighted by Gasteiger charge is 2.26. The summed E-state index contributed by atoms with van der Waals surface area (Å²) in [4.78, 5) is 18.8. The highest BCUT2D eigenvalue weighted by atomic mass is 32.2. The fraction of sp³-hybridized carbons (Fsp3) is 0.333. The minimum absolute atomic E-state index is 0.00281. The number of benzene rings is 1. The average molecular weight is 363 g/mol. The van der Waals surface area contributed by atoms with Gasteiger partial charge in [-0.15, -0.1) is 11.8 Å². The number of piperidine rings is 1. The molecule has 7 heteroatoms. The summed E-state index contributed by atoms with van der Waals surface area (Å²) in [6.07, 6.45) is 5.28. The molecule has 1 N–H and O–H groups in total. The predicted molar refractivity (Wildman–Crippen MR) is 94.9 cm³/mol. The maximum absolute atomic E-state index is 13.4. The van der Waals surface area contributed by atoms with Crippen LogP contribution in [0.1, 0.15) is 23.2 Å². The molecule has 0 saturated carbocycles. The first kappa shape index (κ1) is 17.7. The van der Waals surface area contributed by atoms with Crippen molar-refractivity contribution >= 4 is 23.4 Å². The van der Waals surface area contributed by atoms with Gasteiger partial charge in [0.25, 0.3) is 5.91 Å². The van der Waals surface area contributed by atoms with Crippen molar-refractivity contribution in [3.05, 3.63) is 53.7 Å². The highest BCUT2D eigenvalue weighted by Crippen LogP contribution is 2.22. The van der Waals surface area contributed by atoms with E-state index in [1.807, 2.05) is 6.26 Å². The second-order valence-electron chi connectivity index (χ2n) is 5.92. The molecule has 1 aliphatic heterocycles. The van der Waals surface area contributed by atoms with E-state index in [9.17, 15) is 13.6 Å². The van der Waals surface area contributed by atoms with Crippen LogP contribution in [0.15, 0.2) is 41.6 Å². The molecule has 1 saturated heterocycles. The molecule has 0 spiro atoms. The Hall–Kier alpha value is -2.15. The van der Waals surface area contributed by atoms with Crippen LogP contribution in [0.3, 0.4) is 0 Å². The molecule has 1 atom stereocenters. The number of thioether (sulfide) groups is 1. The molecule has 1 aliphatic rings. The SMILES string of the molecule is CSc1ncccc1C(=O)N1CCCC(Nc2ccc(F)c(F)c2)C1. The average Bonchev–Trinajstić information content (AvgIpc) is 2.64. The van der Waals surface area contributed by atoms with Crippen LogP contribution in [0.2, 0.25) is 0 Å². The number of nitrogens with zero attached hydrogens (tertiary/aromatic N) is 2. The molecular formula is C18H19F2N3OS. The second kappa shape index (κ2) is 7.82. The van der Waals surface area contributed by atoms with Crippen LogP contribution in [0.25, 0.3) is 0 Å². The Morgan fingerprint density at radius 3 is 2.92 bits per heavy atom. The number of pyridine rings is 1. The van der Waals surface area contributed by atoms with Crippen LogP contribution < -0.4 is 5.32 Å². The van der Waals surface area contributed by atoms with E-state index in [0.29, 0.717) is 29.4 Å². The van der Waals surface area contributed by atoms with E-state index < -0.39 is 11.6 Å². The van der Waals surface area contributed by atoms with E-state index in [1.54, 1.807) is 23.2 Å². The molecule has 1 fully saturated rings. The number of nitrogens with one attached hydrogen (secondary N) is 1. The van der Waals surface area contributed by atoms with Crippen LogP contribution in [0.4, 0.5) is 14.5 Å². The van der Waals surface area contributed by atoms with Gasteiger partial charge in [0.05, 0.1) is 5.56 Å². The number of halogens is 2. The first-order chi connectivity index (χ1) is 12.1. The summed E-state index contributed by atoms with van der Waals surface area (Å²) in [5.41, 5.74) is 1.12. The van der Waals surface area contributed by atoms with Crippen molar-refractivity contribution in [1.82, 2.24) is 9.88 Å². The molecule has 2 heterocycles. The van der Waals surface area contributed by atoms with E-state index in [1.165, 1.54) is 17.8 Å². The summed E-state index contributed by atoms with van der Waals surface area (Å²) in [6.45, 7) is 1.19. The number of anilines is 1. The molecule has 2 aromatic rings. The largest absolute Gasteiger partial charge is 0.380 e. The molecule has 132 valence electrons. The van der Waals surface area contributed by atoms with Crippen molar-refractivity contribution in [1.29, 1.82) is 0 Å². The molecule has 1 aromatic heterocycles. The smallest absolute Gasteiger partial charge is 0.256 e. The van der Waals surface area contributed by atoms with Gasteiger partial charge >= 0.3 is 0 Å². The molecule has 4 nitrogen and oxygen atoms in total. The van der Waals surface area contributed by atoms with Gasteiger partial charge in [-0.25, -0.2) is 13.8 Å². The lowest BCUT2D eigenvalue weighted by atomic mass is 10.0. The normalized spacial score (nSPS) is 17.4. The van der Waals surface area contributed by atoms with Gasteiger partial charge in [0, 0.05) is 37.1 Å². The van der Waals surface area contributed by atoms with Gasteiger partial charge in [-0.05, 0) is 43.4 Å². The lowest BCUT2D eigenvalue weighted by molar-refractivity contribution is 0.0710. The number of rotatable bonds is 4. The molecule has 0 bridgehead atoms. The van der Waals surface area contributed by atoms with E-state index in [0.717, 1.165) is 25.0 Å².